The number of carbonyl (C=O) groups is 2. The Labute approximate surface area is 179 Å². The average molecular weight is 427 g/mol. The van der Waals surface area contributed by atoms with Gasteiger partial charge in [0.05, 0.1) is 12.1 Å². The molecule has 3 heterocycles. The molecule has 2 aliphatic heterocycles. The maximum absolute atomic E-state index is 13.1. The summed E-state index contributed by atoms with van der Waals surface area (Å²) in [6.45, 7) is 7.14. The summed E-state index contributed by atoms with van der Waals surface area (Å²) in [5.74, 6) is -1.85. The summed E-state index contributed by atoms with van der Waals surface area (Å²) in [5, 5.41) is 10.6. The maximum atomic E-state index is 13.1. The van der Waals surface area contributed by atoms with Gasteiger partial charge in [-0.3, -0.25) is 19.3 Å². The highest BCUT2D eigenvalue weighted by Crippen LogP contribution is 2.32. The zero-order chi connectivity index (χ0) is 22.4. The summed E-state index contributed by atoms with van der Waals surface area (Å²) in [7, 11) is 0. The molecule has 0 saturated carbocycles. The number of pyridine rings is 1. The van der Waals surface area contributed by atoms with Crippen LogP contribution < -0.4 is 5.43 Å². The molecule has 164 valence electrons. The molecule has 2 aliphatic rings. The van der Waals surface area contributed by atoms with E-state index in [-0.39, 0.29) is 41.7 Å². The second-order valence-corrected chi connectivity index (χ2v) is 8.60. The van der Waals surface area contributed by atoms with Gasteiger partial charge in [-0.15, -0.1) is 0 Å². The van der Waals surface area contributed by atoms with Crippen molar-refractivity contribution < 1.29 is 19.1 Å². The topological polar surface area (TPSA) is 82.8 Å². The fourth-order valence-corrected chi connectivity index (χ4v) is 4.61. The number of nitrogens with zero attached hydrogens (tertiary/aromatic N) is 3. The number of hydrogen-bond acceptors (Lipinski definition) is 5. The van der Waals surface area contributed by atoms with E-state index < -0.39 is 22.9 Å². The Morgan fingerprint density at radius 3 is 2.52 bits per heavy atom. The Morgan fingerprint density at radius 1 is 1.19 bits per heavy atom. The number of fused-ring (bicyclic) bond motifs is 2. The fourth-order valence-electron chi connectivity index (χ4n) is 4.61. The predicted octanol–water partition coefficient (Wildman–Crippen LogP) is 2.40. The van der Waals surface area contributed by atoms with Gasteiger partial charge in [0.15, 0.2) is 17.2 Å². The molecule has 4 rings (SSSR count). The zero-order valence-electron chi connectivity index (χ0n) is 17.8. The molecule has 8 heteroatoms. The standard InChI is InChI=1S/C23H26FN3O4/c1-13(2)26-10-14(3)27-19(26)12-25-11-17(21(29)22(30)20(25)23(27)31)18(28)9-6-15-4-7-16(24)8-5-15/h4-5,7-8,11,13-14,19,30H,6,9-10,12H2,1-3H3/t14-,19?/m1/s1. The number of hydrogen-bond donors (Lipinski definition) is 1. The van der Waals surface area contributed by atoms with Crippen molar-refractivity contribution in [2.24, 2.45) is 0 Å². The van der Waals surface area contributed by atoms with Crippen molar-refractivity contribution in [1.29, 1.82) is 0 Å². The normalized spacial score (nSPS) is 20.8. The van der Waals surface area contributed by atoms with Crippen molar-refractivity contribution in [2.75, 3.05) is 6.54 Å². The second kappa shape index (κ2) is 7.92. The number of aromatic nitrogens is 1. The minimum absolute atomic E-state index is 0.0400. The smallest absolute Gasteiger partial charge is 0.276 e. The number of carbonyl (C=O) groups excluding carboxylic acids is 2. The Kier molecular flexibility index (Phi) is 5.43. The van der Waals surface area contributed by atoms with Crippen LogP contribution in [0.15, 0.2) is 35.3 Å². The fraction of sp³-hybridized carbons (Fsp3) is 0.435. The molecule has 1 aromatic heterocycles. The SMILES string of the molecule is CC(C)N1C[C@@H](C)N2C(=O)c3c(O)c(=O)c(C(=O)CCc4ccc(F)cc4)cn3CC12. The molecule has 0 radical (unpaired) electrons. The van der Waals surface area contributed by atoms with Crippen LogP contribution in [0.2, 0.25) is 0 Å². The van der Waals surface area contributed by atoms with Crippen LogP contribution in [-0.4, -0.2) is 56.0 Å². The molecule has 2 atom stereocenters. The number of halogens is 1. The van der Waals surface area contributed by atoms with E-state index >= 15 is 0 Å². The van der Waals surface area contributed by atoms with Gasteiger partial charge in [0.1, 0.15) is 12.0 Å². The first kappa shape index (κ1) is 21.2. The van der Waals surface area contributed by atoms with E-state index in [2.05, 4.69) is 18.7 Å². The lowest BCUT2D eigenvalue weighted by atomic mass is 10.0. The molecule has 0 aliphatic carbocycles. The van der Waals surface area contributed by atoms with Crippen LogP contribution in [0.25, 0.3) is 0 Å². The molecule has 7 nitrogen and oxygen atoms in total. The van der Waals surface area contributed by atoms with Gasteiger partial charge in [-0.1, -0.05) is 12.1 Å². The molecule has 0 bridgehead atoms. The zero-order valence-corrected chi connectivity index (χ0v) is 17.8. The lowest BCUT2D eigenvalue weighted by molar-refractivity contribution is 0.0404. The van der Waals surface area contributed by atoms with Crippen molar-refractivity contribution in [3.63, 3.8) is 0 Å². The second-order valence-electron chi connectivity index (χ2n) is 8.60. The summed E-state index contributed by atoms with van der Waals surface area (Å²) < 4.78 is 14.6. The summed E-state index contributed by atoms with van der Waals surface area (Å²) in [6.07, 6.45) is 1.59. The van der Waals surface area contributed by atoms with Gasteiger partial charge < -0.3 is 14.6 Å². The first-order chi connectivity index (χ1) is 14.7. The van der Waals surface area contributed by atoms with Crippen LogP contribution in [0.5, 0.6) is 5.75 Å². The third kappa shape index (κ3) is 3.65. The molecule has 1 saturated heterocycles. The highest BCUT2D eigenvalue weighted by molar-refractivity contribution is 6.00. The van der Waals surface area contributed by atoms with Gasteiger partial charge in [-0.2, -0.15) is 0 Å². The molecule has 1 fully saturated rings. The Hall–Kier alpha value is -3.00. The van der Waals surface area contributed by atoms with E-state index in [0.29, 0.717) is 19.5 Å². The van der Waals surface area contributed by atoms with Crippen LogP contribution in [0.4, 0.5) is 4.39 Å². The number of benzene rings is 1. The van der Waals surface area contributed by atoms with Crippen LogP contribution in [-0.2, 0) is 13.0 Å². The maximum Gasteiger partial charge on any atom is 0.276 e. The summed E-state index contributed by atoms with van der Waals surface area (Å²) in [4.78, 5) is 42.5. The Balaban J connectivity index is 1.64. The van der Waals surface area contributed by atoms with Crippen molar-refractivity contribution >= 4 is 11.7 Å². The van der Waals surface area contributed by atoms with E-state index in [9.17, 15) is 23.9 Å². The van der Waals surface area contributed by atoms with Gasteiger partial charge in [0.25, 0.3) is 5.91 Å². The highest BCUT2D eigenvalue weighted by Gasteiger charge is 2.46. The molecular formula is C23H26FN3O4. The number of rotatable bonds is 5. The lowest BCUT2D eigenvalue weighted by Crippen LogP contribution is -2.53. The Bertz CT molecular complexity index is 1090. The minimum atomic E-state index is -0.824. The quantitative estimate of drug-likeness (QED) is 0.741. The molecule has 0 spiro atoms. The first-order valence-electron chi connectivity index (χ1n) is 10.5. The van der Waals surface area contributed by atoms with Gasteiger partial charge in [0, 0.05) is 31.2 Å². The lowest BCUT2D eigenvalue weighted by Gasteiger charge is -2.38. The van der Waals surface area contributed by atoms with Gasteiger partial charge in [-0.05, 0) is 44.9 Å². The number of ketones is 1. The van der Waals surface area contributed by atoms with Crippen molar-refractivity contribution in [1.82, 2.24) is 14.4 Å². The van der Waals surface area contributed by atoms with E-state index in [0.717, 1.165) is 5.56 Å². The Morgan fingerprint density at radius 2 is 1.87 bits per heavy atom. The summed E-state index contributed by atoms with van der Waals surface area (Å²) >= 11 is 0. The predicted molar refractivity (Wildman–Crippen MR) is 113 cm³/mol. The molecule has 1 aromatic carbocycles. The third-order valence-electron chi connectivity index (χ3n) is 6.22. The number of aryl methyl sites for hydroxylation is 1. The summed E-state index contributed by atoms with van der Waals surface area (Å²) in [5.41, 5.74) is -0.245. The van der Waals surface area contributed by atoms with Crippen LogP contribution in [0.1, 0.15) is 53.6 Å². The monoisotopic (exact) mass is 427 g/mol. The van der Waals surface area contributed by atoms with E-state index in [1.165, 1.54) is 18.3 Å². The van der Waals surface area contributed by atoms with Crippen molar-refractivity contribution in [2.45, 2.75) is 58.4 Å². The van der Waals surface area contributed by atoms with Gasteiger partial charge >= 0.3 is 0 Å². The van der Waals surface area contributed by atoms with Gasteiger partial charge in [-0.25, -0.2) is 4.39 Å². The minimum Gasteiger partial charge on any atom is -0.503 e. The van der Waals surface area contributed by atoms with Crippen LogP contribution >= 0.6 is 0 Å². The molecular weight excluding hydrogens is 401 g/mol. The molecule has 1 amide bonds. The average Bonchev–Trinajstić information content (AvgIpc) is 3.06. The van der Waals surface area contributed by atoms with Crippen molar-refractivity contribution in [3.05, 3.63) is 63.3 Å². The summed E-state index contributed by atoms with van der Waals surface area (Å²) in [6, 6.07) is 6.00. The van der Waals surface area contributed by atoms with Gasteiger partial charge in [0.2, 0.25) is 5.43 Å². The van der Waals surface area contributed by atoms with E-state index in [1.54, 1.807) is 21.6 Å². The van der Waals surface area contributed by atoms with Crippen LogP contribution in [0.3, 0.4) is 0 Å². The highest BCUT2D eigenvalue weighted by atomic mass is 19.1. The van der Waals surface area contributed by atoms with Crippen LogP contribution in [0, 0.1) is 5.82 Å². The molecule has 1 unspecified atom stereocenters. The molecule has 2 aromatic rings. The van der Waals surface area contributed by atoms with Crippen molar-refractivity contribution in [3.8, 4) is 5.75 Å². The largest absolute Gasteiger partial charge is 0.503 e. The van der Waals surface area contributed by atoms with E-state index in [1.807, 2.05) is 6.92 Å². The van der Waals surface area contributed by atoms with E-state index in [4.69, 9.17) is 0 Å². The molecule has 1 N–H and O–H groups in total. The number of Topliss-reactive ketones (excluding diaryl/α,β-unsaturated/α-hetero) is 1. The number of amides is 1. The number of aromatic hydroxyl groups is 1. The third-order valence-corrected chi connectivity index (χ3v) is 6.22. The first-order valence-corrected chi connectivity index (χ1v) is 10.5. The molecule has 31 heavy (non-hydrogen) atoms.